The molecule has 0 atom stereocenters. The molecule has 5 heteroatoms. The van der Waals surface area contributed by atoms with Gasteiger partial charge >= 0.3 is 0 Å². The summed E-state index contributed by atoms with van der Waals surface area (Å²) in [4.78, 5) is 28.4. The van der Waals surface area contributed by atoms with Gasteiger partial charge in [-0.05, 0) is 25.8 Å². The molecule has 2 rings (SSSR count). The van der Waals surface area contributed by atoms with Crippen LogP contribution in [-0.4, -0.2) is 41.5 Å². The van der Waals surface area contributed by atoms with Gasteiger partial charge in [-0.25, -0.2) is 0 Å². The van der Waals surface area contributed by atoms with Gasteiger partial charge in [0.1, 0.15) is 5.56 Å². The maximum Gasteiger partial charge on any atom is 0.259 e. The number of nitrogens with one attached hydrogen (secondary N) is 2. The van der Waals surface area contributed by atoms with Gasteiger partial charge in [0.2, 0.25) is 0 Å². The smallest absolute Gasteiger partial charge is 0.259 e. The standard InChI is InChI=1S/C14H21N3O2/c1-2-6-16-11-4-8-17(9-5-11)14(19)12-10-15-7-3-13(12)18/h3,7,10-11,16H,2,4-6,8-9H2,1H3,(H,15,18). The molecule has 2 N–H and O–H groups in total. The van der Waals surface area contributed by atoms with Crippen LogP contribution in [0.25, 0.3) is 0 Å². The third kappa shape index (κ3) is 3.44. The summed E-state index contributed by atoms with van der Waals surface area (Å²) in [6.07, 6.45) is 6.07. The monoisotopic (exact) mass is 263 g/mol. The molecule has 2 heterocycles. The SMILES string of the molecule is CCCNC1CCN(C(=O)c2c[nH]ccc2=O)CC1. The zero-order chi connectivity index (χ0) is 13.7. The summed E-state index contributed by atoms with van der Waals surface area (Å²) in [6.45, 7) is 4.60. The quantitative estimate of drug-likeness (QED) is 0.851. The summed E-state index contributed by atoms with van der Waals surface area (Å²) in [5, 5.41) is 3.48. The van der Waals surface area contributed by atoms with Crippen LogP contribution in [0.4, 0.5) is 0 Å². The number of aromatic nitrogens is 1. The first-order valence-electron chi connectivity index (χ1n) is 6.92. The Morgan fingerprint density at radius 3 is 2.84 bits per heavy atom. The third-order valence-electron chi connectivity index (χ3n) is 3.52. The van der Waals surface area contributed by atoms with Crippen LogP contribution in [0.5, 0.6) is 0 Å². The van der Waals surface area contributed by atoms with Crippen molar-refractivity contribution in [2.45, 2.75) is 32.2 Å². The fourth-order valence-corrected chi connectivity index (χ4v) is 2.39. The number of aromatic amines is 1. The average molecular weight is 263 g/mol. The molecule has 1 aromatic rings. The maximum atomic E-state index is 12.2. The van der Waals surface area contributed by atoms with Gasteiger partial charge in [-0.3, -0.25) is 9.59 Å². The van der Waals surface area contributed by atoms with Crippen LogP contribution >= 0.6 is 0 Å². The highest BCUT2D eigenvalue weighted by Crippen LogP contribution is 2.12. The molecule has 1 aliphatic rings. The Balaban J connectivity index is 1.93. The van der Waals surface area contributed by atoms with E-state index < -0.39 is 0 Å². The summed E-state index contributed by atoms with van der Waals surface area (Å²) in [5.41, 5.74) is 0.0254. The van der Waals surface area contributed by atoms with Crippen molar-refractivity contribution in [1.29, 1.82) is 0 Å². The molecule has 5 nitrogen and oxygen atoms in total. The highest BCUT2D eigenvalue weighted by atomic mass is 16.2. The molecule has 1 amide bonds. The normalized spacial score (nSPS) is 16.6. The summed E-state index contributed by atoms with van der Waals surface area (Å²) in [6, 6.07) is 1.89. The molecule has 0 radical (unpaired) electrons. The first kappa shape index (κ1) is 13.8. The van der Waals surface area contributed by atoms with Crippen LogP contribution < -0.4 is 10.7 Å². The van der Waals surface area contributed by atoms with Crippen molar-refractivity contribution in [3.63, 3.8) is 0 Å². The summed E-state index contributed by atoms with van der Waals surface area (Å²) in [5.74, 6) is -0.157. The molecular formula is C14H21N3O2. The van der Waals surface area contributed by atoms with Crippen LogP contribution in [0.15, 0.2) is 23.3 Å². The number of rotatable bonds is 4. The lowest BCUT2D eigenvalue weighted by atomic mass is 10.0. The lowest BCUT2D eigenvalue weighted by Gasteiger charge is -2.32. The Hall–Kier alpha value is -1.62. The second kappa shape index (κ2) is 6.52. The second-order valence-electron chi connectivity index (χ2n) is 4.94. The molecule has 0 saturated carbocycles. The van der Waals surface area contributed by atoms with Crippen LogP contribution in [0.3, 0.4) is 0 Å². The molecule has 0 unspecified atom stereocenters. The minimum Gasteiger partial charge on any atom is -0.367 e. The van der Waals surface area contributed by atoms with Crippen LogP contribution in [0, 0.1) is 0 Å². The number of nitrogens with zero attached hydrogens (tertiary/aromatic N) is 1. The number of hydrogen-bond acceptors (Lipinski definition) is 3. The molecule has 1 saturated heterocycles. The van der Waals surface area contributed by atoms with E-state index in [1.54, 1.807) is 11.1 Å². The molecule has 1 aromatic heterocycles. The first-order chi connectivity index (χ1) is 9.22. The van der Waals surface area contributed by atoms with Crippen LogP contribution in [0.2, 0.25) is 0 Å². The molecule has 104 valence electrons. The van der Waals surface area contributed by atoms with Crippen LogP contribution in [0.1, 0.15) is 36.5 Å². The maximum absolute atomic E-state index is 12.2. The number of piperidine rings is 1. The number of carbonyl (C=O) groups excluding carboxylic acids is 1. The molecular weight excluding hydrogens is 242 g/mol. The van der Waals surface area contributed by atoms with Crippen molar-refractivity contribution >= 4 is 5.91 Å². The first-order valence-corrected chi connectivity index (χ1v) is 6.92. The van der Waals surface area contributed by atoms with Gasteiger partial charge in [0.15, 0.2) is 5.43 Å². The van der Waals surface area contributed by atoms with Crippen molar-refractivity contribution in [3.05, 3.63) is 34.2 Å². The van der Waals surface area contributed by atoms with E-state index in [0.717, 1.165) is 25.8 Å². The highest BCUT2D eigenvalue weighted by Gasteiger charge is 2.24. The van der Waals surface area contributed by atoms with Gasteiger partial charge in [0.05, 0.1) is 0 Å². The molecule has 0 spiro atoms. The Bertz CT molecular complexity index is 476. The van der Waals surface area contributed by atoms with Gasteiger partial charge in [0, 0.05) is 37.6 Å². The van der Waals surface area contributed by atoms with Gasteiger partial charge in [-0.2, -0.15) is 0 Å². The van der Waals surface area contributed by atoms with E-state index in [2.05, 4.69) is 17.2 Å². The van der Waals surface area contributed by atoms with Gasteiger partial charge in [-0.1, -0.05) is 6.92 Å². The Kier molecular flexibility index (Phi) is 4.74. The van der Waals surface area contributed by atoms with E-state index in [0.29, 0.717) is 19.1 Å². The fraction of sp³-hybridized carbons (Fsp3) is 0.571. The Morgan fingerprint density at radius 1 is 1.47 bits per heavy atom. The molecule has 1 fully saturated rings. The zero-order valence-electron chi connectivity index (χ0n) is 11.3. The number of pyridine rings is 1. The predicted octanol–water partition coefficient (Wildman–Crippen LogP) is 0.979. The molecule has 19 heavy (non-hydrogen) atoms. The highest BCUT2D eigenvalue weighted by molar-refractivity contribution is 5.93. The molecule has 0 aliphatic carbocycles. The summed E-state index contributed by atoms with van der Waals surface area (Å²) >= 11 is 0. The lowest BCUT2D eigenvalue weighted by Crippen LogP contribution is -2.45. The zero-order valence-corrected chi connectivity index (χ0v) is 11.3. The van der Waals surface area contributed by atoms with Crippen molar-refractivity contribution in [2.24, 2.45) is 0 Å². The van der Waals surface area contributed by atoms with Crippen molar-refractivity contribution in [2.75, 3.05) is 19.6 Å². The number of H-pyrrole nitrogens is 1. The second-order valence-corrected chi connectivity index (χ2v) is 4.94. The van der Waals surface area contributed by atoms with E-state index in [1.165, 1.54) is 12.3 Å². The van der Waals surface area contributed by atoms with E-state index in [-0.39, 0.29) is 16.9 Å². The number of likely N-dealkylation sites (tertiary alicyclic amines) is 1. The van der Waals surface area contributed by atoms with Gasteiger partial charge < -0.3 is 15.2 Å². The summed E-state index contributed by atoms with van der Waals surface area (Å²) < 4.78 is 0. The van der Waals surface area contributed by atoms with Crippen molar-refractivity contribution < 1.29 is 4.79 Å². The van der Waals surface area contributed by atoms with Crippen LogP contribution in [-0.2, 0) is 0 Å². The molecule has 1 aliphatic heterocycles. The summed E-state index contributed by atoms with van der Waals surface area (Å²) in [7, 11) is 0. The van der Waals surface area contributed by atoms with Crippen molar-refractivity contribution in [3.8, 4) is 0 Å². The van der Waals surface area contributed by atoms with E-state index in [1.807, 2.05) is 0 Å². The largest absolute Gasteiger partial charge is 0.367 e. The lowest BCUT2D eigenvalue weighted by molar-refractivity contribution is 0.0703. The average Bonchev–Trinajstić information content (AvgIpc) is 2.45. The third-order valence-corrected chi connectivity index (χ3v) is 3.52. The minimum atomic E-state index is -0.213. The molecule has 0 aromatic carbocycles. The topological polar surface area (TPSA) is 65.2 Å². The fourth-order valence-electron chi connectivity index (χ4n) is 2.39. The number of carbonyl (C=O) groups is 1. The van der Waals surface area contributed by atoms with Gasteiger partial charge in [0.25, 0.3) is 5.91 Å². The minimum absolute atomic E-state index is 0.157. The predicted molar refractivity (Wildman–Crippen MR) is 74.3 cm³/mol. The van der Waals surface area contributed by atoms with E-state index >= 15 is 0 Å². The van der Waals surface area contributed by atoms with E-state index in [4.69, 9.17) is 0 Å². The van der Waals surface area contributed by atoms with E-state index in [9.17, 15) is 9.59 Å². The Morgan fingerprint density at radius 2 is 2.21 bits per heavy atom. The number of hydrogen-bond donors (Lipinski definition) is 2. The number of amides is 1. The molecule has 0 bridgehead atoms. The van der Waals surface area contributed by atoms with Gasteiger partial charge in [-0.15, -0.1) is 0 Å². The Labute approximate surface area is 113 Å². The van der Waals surface area contributed by atoms with Crippen molar-refractivity contribution in [1.82, 2.24) is 15.2 Å².